The van der Waals surface area contributed by atoms with Crippen LogP contribution in [0, 0.1) is 25.5 Å². The number of aryl methyl sites for hydroxylation is 2. The molecule has 2 N–H and O–H groups in total. The monoisotopic (exact) mass is 353 g/mol. The lowest BCUT2D eigenvalue weighted by atomic mass is 10.1. The number of hydrogen-bond donors (Lipinski definition) is 2. The van der Waals surface area contributed by atoms with Gasteiger partial charge in [0.25, 0.3) is 5.91 Å². The normalized spacial score (nSPS) is 10.5. The van der Waals surface area contributed by atoms with Gasteiger partial charge >= 0.3 is 0 Å². The van der Waals surface area contributed by atoms with Gasteiger partial charge in [-0.1, -0.05) is 23.8 Å². The van der Waals surface area contributed by atoms with Crippen LogP contribution in [0.15, 0.2) is 54.7 Å². The average molecular weight is 353 g/mol. The van der Waals surface area contributed by atoms with E-state index in [1.807, 2.05) is 32.0 Å². The lowest BCUT2D eigenvalue weighted by Gasteiger charge is -2.11. The standard InChI is InChI=1S/C20H17F2N3O/c1-12-6-7-17(13(2)10-12)24-20(26)14-8-9-23-18(11-14)25-19-15(21)4-3-5-16(19)22/h3-11H,1-2H3,(H,23,25)(H,24,26). The summed E-state index contributed by atoms with van der Waals surface area (Å²) >= 11 is 0. The van der Waals surface area contributed by atoms with E-state index in [-0.39, 0.29) is 17.4 Å². The highest BCUT2D eigenvalue weighted by molar-refractivity contribution is 6.05. The van der Waals surface area contributed by atoms with Gasteiger partial charge in [0, 0.05) is 17.4 Å². The molecule has 0 spiro atoms. The summed E-state index contributed by atoms with van der Waals surface area (Å²) in [7, 11) is 0. The van der Waals surface area contributed by atoms with Crippen LogP contribution in [0.4, 0.5) is 26.0 Å². The van der Waals surface area contributed by atoms with Crippen LogP contribution in [0.25, 0.3) is 0 Å². The van der Waals surface area contributed by atoms with E-state index in [2.05, 4.69) is 15.6 Å². The maximum absolute atomic E-state index is 13.8. The molecule has 0 atom stereocenters. The Kier molecular flexibility index (Phi) is 4.93. The van der Waals surface area contributed by atoms with Crippen LogP contribution >= 0.6 is 0 Å². The number of hydrogen-bond acceptors (Lipinski definition) is 3. The summed E-state index contributed by atoms with van der Waals surface area (Å²) in [5.41, 5.74) is 2.75. The minimum atomic E-state index is -0.739. The first-order chi connectivity index (χ1) is 12.4. The van der Waals surface area contributed by atoms with Gasteiger partial charge < -0.3 is 10.6 Å². The number of carbonyl (C=O) groups excluding carboxylic acids is 1. The molecule has 0 radical (unpaired) electrons. The number of nitrogens with zero attached hydrogens (tertiary/aromatic N) is 1. The SMILES string of the molecule is Cc1ccc(NC(=O)c2ccnc(Nc3c(F)cccc3F)c2)c(C)c1. The number of benzene rings is 2. The van der Waals surface area contributed by atoms with Crippen molar-refractivity contribution >= 4 is 23.1 Å². The molecule has 2 aromatic carbocycles. The summed E-state index contributed by atoms with van der Waals surface area (Å²) in [4.78, 5) is 16.5. The van der Waals surface area contributed by atoms with Gasteiger partial charge in [0.2, 0.25) is 0 Å². The van der Waals surface area contributed by atoms with Crippen molar-refractivity contribution in [3.05, 3.63) is 83.1 Å². The number of nitrogens with one attached hydrogen (secondary N) is 2. The van der Waals surface area contributed by atoms with Crippen LogP contribution in [-0.4, -0.2) is 10.9 Å². The second kappa shape index (κ2) is 7.31. The minimum absolute atomic E-state index is 0.169. The minimum Gasteiger partial charge on any atom is -0.335 e. The first-order valence-electron chi connectivity index (χ1n) is 8.00. The van der Waals surface area contributed by atoms with Crippen LogP contribution in [-0.2, 0) is 0 Å². The van der Waals surface area contributed by atoms with E-state index in [0.29, 0.717) is 11.3 Å². The van der Waals surface area contributed by atoms with Crippen molar-refractivity contribution in [1.29, 1.82) is 0 Å². The average Bonchev–Trinajstić information content (AvgIpc) is 2.61. The van der Waals surface area contributed by atoms with Gasteiger partial charge in [-0.2, -0.15) is 0 Å². The van der Waals surface area contributed by atoms with Gasteiger partial charge in [0.15, 0.2) is 0 Å². The molecule has 4 nitrogen and oxygen atoms in total. The second-order valence-electron chi connectivity index (χ2n) is 5.92. The highest BCUT2D eigenvalue weighted by Crippen LogP contribution is 2.23. The summed E-state index contributed by atoms with van der Waals surface area (Å²) in [6.45, 7) is 3.88. The maximum Gasteiger partial charge on any atom is 0.255 e. The van der Waals surface area contributed by atoms with Crippen LogP contribution in [0.5, 0.6) is 0 Å². The van der Waals surface area contributed by atoms with Gasteiger partial charge in [0.1, 0.15) is 23.1 Å². The third-order valence-electron chi connectivity index (χ3n) is 3.87. The van der Waals surface area contributed by atoms with E-state index < -0.39 is 11.6 Å². The van der Waals surface area contributed by atoms with Gasteiger partial charge in [0.05, 0.1) is 0 Å². The summed E-state index contributed by atoms with van der Waals surface area (Å²) in [5, 5.41) is 5.40. The van der Waals surface area contributed by atoms with Gasteiger partial charge in [-0.05, 0) is 49.7 Å². The quantitative estimate of drug-likeness (QED) is 0.696. The Balaban J connectivity index is 1.81. The van der Waals surface area contributed by atoms with Gasteiger partial charge in [-0.25, -0.2) is 13.8 Å². The van der Waals surface area contributed by atoms with Crippen molar-refractivity contribution in [3.8, 4) is 0 Å². The molecule has 0 unspecified atom stereocenters. The molecular formula is C20H17F2N3O. The van der Waals surface area contributed by atoms with Crippen molar-refractivity contribution in [2.45, 2.75) is 13.8 Å². The molecule has 0 saturated heterocycles. The number of aromatic nitrogens is 1. The molecule has 132 valence electrons. The number of rotatable bonds is 4. The van der Waals surface area contributed by atoms with Gasteiger partial charge in [-0.3, -0.25) is 4.79 Å². The fourth-order valence-corrected chi connectivity index (χ4v) is 2.53. The van der Waals surface area contributed by atoms with E-state index in [1.54, 1.807) is 0 Å². The van der Waals surface area contributed by atoms with Crippen LogP contribution in [0.1, 0.15) is 21.5 Å². The zero-order chi connectivity index (χ0) is 18.7. The lowest BCUT2D eigenvalue weighted by molar-refractivity contribution is 0.102. The van der Waals surface area contributed by atoms with Crippen LogP contribution in [0.3, 0.4) is 0 Å². The molecule has 6 heteroatoms. The molecule has 0 aliphatic rings. The molecule has 0 bridgehead atoms. The molecule has 0 saturated carbocycles. The zero-order valence-corrected chi connectivity index (χ0v) is 14.3. The first kappa shape index (κ1) is 17.5. The van der Waals surface area contributed by atoms with Crippen molar-refractivity contribution < 1.29 is 13.6 Å². The summed E-state index contributed by atoms with van der Waals surface area (Å²) in [6.07, 6.45) is 1.40. The van der Waals surface area contributed by atoms with E-state index >= 15 is 0 Å². The molecule has 3 rings (SSSR count). The first-order valence-corrected chi connectivity index (χ1v) is 8.00. The zero-order valence-electron chi connectivity index (χ0n) is 14.3. The number of carbonyl (C=O) groups is 1. The summed E-state index contributed by atoms with van der Waals surface area (Å²) in [6, 6.07) is 12.2. The van der Waals surface area contributed by atoms with Crippen molar-refractivity contribution in [3.63, 3.8) is 0 Å². The number of pyridine rings is 1. The van der Waals surface area contributed by atoms with Crippen molar-refractivity contribution in [2.24, 2.45) is 0 Å². The molecule has 1 amide bonds. The number of amides is 1. The lowest BCUT2D eigenvalue weighted by Crippen LogP contribution is -2.13. The van der Waals surface area contributed by atoms with Crippen LogP contribution < -0.4 is 10.6 Å². The maximum atomic E-state index is 13.8. The third-order valence-corrected chi connectivity index (χ3v) is 3.87. The Labute approximate surface area is 149 Å². The highest BCUT2D eigenvalue weighted by atomic mass is 19.1. The largest absolute Gasteiger partial charge is 0.335 e. The molecular weight excluding hydrogens is 336 g/mol. The summed E-state index contributed by atoms with van der Waals surface area (Å²) < 4.78 is 27.5. The molecule has 1 aromatic heterocycles. The number of anilines is 3. The summed E-state index contributed by atoms with van der Waals surface area (Å²) in [5.74, 6) is -1.65. The van der Waals surface area contributed by atoms with Gasteiger partial charge in [-0.15, -0.1) is 0 Å². The predicted octanol–water partition coefficient (Wildman–Crippen LogP) is 4.97. The fourth-order valence-electron chi connectivity index (χ4n) is 2.53. The number of halogens is 2. The predicted molar refractivity (Wildman–Crippen MR) is 97.7 cm³/mol. The van der Waals surface area contributed by atoms with E-state index in [4.69, 9.17) is 0 Å². The van der Waals surface area contributed by atoms with E-state index in [1.165, 1.54) is 24.4 Å². The topological polar surface area (TPSA) is 54.0 Å². The molecule has 3 aromatic rings. The Morgan fingerprint density at radius 3 is 2.42 bits per heavy atom. The van der Waals surface area contributed by atoms with Crippen LogP contribution in [0.2, 0.25) is 0 Å². The molecule has 0 aliphatic heterocycles. The van der Waals surface area contributed by atoms with E-state index in [9.17, 15) is 13.6 Å². The molecule has 0 aliphatic carbocycles. The fraction of sp³-hybridized carbons (Fsp3) is 0.100. The molecule has 0 fully saturated rings. The molecule has 1 heterocycles. The van der Waals surface area contributed by atoms with E-state index in [0.717, 1.165) is 23.3 Å². The Hall–Kier alpha value is -3.28. The smallest absolute Gasteiger partial charge is 0.255 e. The third kappa shape index (κ3) is 3.85. The Morgan fingerprint density at radius 1 is 1.00 bits per heavy atom. The highest BCUT2D eigenvalue weighted by Gasteiger charge is 2.12. The Morgan fingerprint density at radius 2 is 1.73 bits per heavy atom. The number of para-hydroxylation sites is 1. The van der Waals surface area contributed by atoms with Crippen molar-refractivity contribution in [2.75, 3.05) is 10.6 Å². The second-order valence-corrected chi connectivity index (χ2v) is 5.92. The van der Waals surface area contributed by atoms with Crippen molar-refractivity contribution in [1.82, 2.24) is 4.98 Å². The molecule has 26 heavy (non-hydrogen) atoms. The Bertz CT molecular complexity index is 953.